The zero-order valence-corrected chi connectivity index (χ0v) is 20.8. The highest BCUT2D eigenvalue weighted by Crippen LogP contribution is 2.46. The van der Waals surface area contributed by atoms with Gasteiger partial charge in [-0.3, -0.25) is 0 Å². The van der Waals surface area contributed by atoms with Crippen LogP contribution < -0.4 is 0 Å². The number of rotatable bonds is 8. The van der Waals surface area contributed by atoms with Crippen molar-refractivity contribution in [1.82, 2.24) is 0 Å². The number of fused-ring (bicyclic) bond motifs is 3. The van der Waals surface area contributed by atoms with E-state index in [-0.39, 0.29) is 0 Å². The monoisotopic (exact) mass is 466 g/mol. The van der Waals surface area contributed by atoms with Crippen LogP contribution in [-0.4, -0.2) is 0 Å². The maximum atomic E-state index is 2.41. The summed E-state index contributed by atoms with van der Waals surface area (Å²) < 4.78 is 2.92. The number of hydrogen-bond acceptors (Lipinski definition) is 4. The second kappa shape index (κ2) is 8.96. The molecule has 0 aliphatic heterocycles. The third-order valence-electron chi connectivity index (χ3n) is 5.71. The number of hydrogen-bond donors (Lipinski definition) is 0. The van der Waals surface area contributed by atoms with Crippen LogP contribution in [0, 0.1) is 0 Å². The molecule has 4 heterocycles. The fourth-order valence-corrected chi connectivity index (χ4v) is 8.74. The Hall–Kier alpha value is -1.46. The second-order valence-corrected chi connectivity index (χ2v) is 11.8. The van der Waals surface area contributed by atoms with Crippen LogP contribution in [0.15, 0.2) is 47.2 Å². The molecule has 0 nitrogen and oxygen atoms in total. The quantitative estimate of drug-likeness (QED) is 0.213. The van der Waals surface area contributed by atoms with Crippen LogP contribution in [0.25, 0.3) is 39.7 Å². The van der Waals surface area contributed by atoms with Gasteiger partial charge in [0.2, 0.25) is 0 Å². The molecule has 154 valence electrons. The molecule has 0 spiro atoms. The van der Waals surface area contributed by atoms with Crippen molar-refractivity contribution in [2.24, 2.45) is 0 Å². The van der Waals surface area contributed by atoms with Crippen molar-refractivity contribution in [3.8, 4) is 19.5 Å². The lowest BCUT2D eigenvalue weighted by Crippen LogP contribution is -1.82. The van der Waals surface area contributed by atoms with Crippen molar-refractivity contribution < 1.29 is 0 Å². The lowest BCUT2D eigenvalue weighted by molar-refractivity contribution is 0.798. The highest BCUT2D eigenvalue weighted by molar-refractivity contribution is 7.32. The molecule has 0 aliphatic rings. The maximum Gasteiger partial charge on any atom is 0.0528 e. The normalized spacial score (nSPS) is 11.8. The lowest BCUT2D eigenvalue weighted by atomic mass is 10.1. The Kier molecular flexibility index (Phi) is 6.10. The summed E-state index contributed by atoms with van der Waals surface area (Å²) in [7, 11) is 0. The SMILES string of the molecule is CCCCc1ccsc1-c1cc2ccc3cc(-c4sccc4CCCC)sc3c2s1. The summed E-state index contributed by atoms with van der Waals surface area (Å²) in [6.45, 7) is 4.55. The highest BCUT2D eigenvalue weighted by atomic mass is 32.1. The van der Waals surface area contributed by atoms with Crippen LogP contribution >= 0.6 is 45.3 Å². The van der Waals surface area contributed by atoms with Crippen LogP contribution in [0.5, 0.6) is 0 Å². The second-order valence-electron chi connectivity index (χ2n) is 7.88. The number of thiophene rings is 4. The minimum atomic E-state index is 1.20. The van der Waals surface area contributed by atoms with E-state index < -0.39 is 0 Å². The van der Waals surface area contributed by atoms with Gasteiger partial charge in [-0.15, -0.1) is 45.3 Å². The Balaban J connectivity index is 1.56. The standard InChI is InChI=1S/C26H26S4/c1-3-5-7-17-11-13-27-23(17)21-15-19-9-10-20-16-22(30-26(20)25(19)29-21)24-18(8-6-4-2)12-14-28-24/h9-16H,3-8H2,1-2H3. The molecule has 0 atom stereocenters. The van der Waals surface area contributed by atoms with E-state index in [1.54, 1.807) is 0 Å². The Morgan fingerprint density at radius 3 is 1.53 bits per heavy atom. The number of aryl methyl sites for hydroxylation is 2. The van der Waals surface area contributed by atoms with Gasteiger partial charge in [-0.2, -0.15) is 0 Å². The van der Waals surface area contributed by atoms with Crippen molar-refractivity contribution >= 4 is 65.5 Å². The molecular weight excluding hydrogens is 441 g/mol. The van der Waals surface area contributed by atoms with E-state index in [1.807, 2.05) is 45.3 Å². The summed E-state index contributed by atoms with van der Waals surface area (Å²) in [5.74, 6) is 0. The number of benzene rings is 1. The summed E-state index contributed by atoms with van der Waals surface area (Å²) in [5, 5.41) is 7.31. The Bertz CT molecular complexity index is 1180. The van der Waals surface area contributed by atoms with Gasteiger partial charge in [-0.25, -0.2) is 0 Å². The van der Waals surface area contributed by atoms with E-state index in [9.17, 15) is 0 Å². The fourth-order valence-electron chi connectivity index (χ4n) is 4.05. The summed E-state index contributed by atoms with van der Waals surface area (Å²) in [4.78, 5) is 5.84. The van der Waals surface area contributed by atoms with Gasteiger partial charge < -0.3 is 0 Å². The molecule has 0 aliphatic carbocycles. The summed E-state index contributed by atoms with van der Waals surface area (Å²) in [6, 6.07) is 14.1. The molecule has 1 aromatic carbocycles. The van der Waals surface area contributed by atoms with E-state index in [2.05, 4.69) is 61.0 Å². The van der Waals surface area contributed by atoms with Crippen molar-refractivity contribution in [3.05, 3.63) is 58.3 Å². The maximum absolute atomic E-state index is 2.41. The van der Waals surface area contributed by atoms with Gasteiger partial charge in [0.25, 0.3) is 0 Å². The minimum absolute atomic E-state index is 1.20. The molecule has 0 amide bonds. The van der Waals surface area contributed by atoms with Gasteiger partial charge in [0.05, 0.1) is 9.40 Å². The third kappa shape index (κ3) is 3.80. The zero-order valence-electron chi connectivity index (χ0n) is 17.5. The van der Waals surface area contributed by atoms with Crippen LogP contribution in [-0.2, 0) is 12.8 Å². The van der Waals surface area contributed by atoms with E-state index in [0.717, 1.165) is 0 Å². The summed E-state index contributed by atoms with van der Waals surface area (Å²) >= 11 is 7.77. The van der Waals surface area contributed by atoms with Crippen molar-refractivity contribution in [2.45, 2.75) is 52.4 Å². The third-order valence-corrected chi connectivity index (χ3v) is 10.4. The van der Waals surface area contributed by atoms with Gasteiger partial charge in [0.1, 0.15) is 0 Å². The highest BCUT2D eigenvalue weighted by Gasteiger charge is 2.16. The molecule has 0 N–H and O–H groups in total. The molecule has 0 fully saturated rings. The molecule has 5 rings (SSSR count). The summed E-state index contributed by atoms with van der Waals surface area (Å²) in [6.07, 6.45) is 7.44. The first-order valence-electron chi connectivity index (χ1n) is 10.9. The average molecular weight is 467 g/mol. The molecule has 0 unspecified atom stereocenters. The van der Waals surface area contributed by atoms with Gasteiger partial charge in [0.15, 0.2) is 0 Å². The van der Waals surface area contributed by atoms with Crippen LogP contribution in [0.4, 0.5) is 0 Å². The van der Waals surface area contributed by atoms with Gasteiger partial charge in [0, 0.05) is 19.5 Å². The first kappa shape index (κ1) is 20.4. The Morgan fingerprint density at radius 1 is 0.633 bits per heavy atom. The molecular formula is C26H26S4. The van der Waals surface area contributed by atoms with Crippen LogP contribution in [0.3, 0.4) is 0 Å². The predicted molar refractivity (Wildman–Crippen MR) is 141 cm³/mol. The van der Waals surface area contributed by atoms with Crippen LogP contribution in [0.2, 0.25) is 0 Å². The van der Waals surface area contributed by atoms with E-state index >= 15 is 0 Å². The first-order chi connectivity index (χ1) is 14.8. The lowest BCUT2D eigenvalue weighted by Gasteiger charge is -2.00. The Labute approximate surface area is 194 Å². The molecule has 4 aromatic heterocycles. The fraction of sp³-hybridized carbons (Fsp3) is 0.308. The van der Waals surface area contributed by atoms with E-state index in [0.29, 0.717) is 0 Å². The first-order valence-corrected chi connectivity index (χ1v) is 14.3. The topological polar surface area (TPSA) is 0 Å². The zero-order chi connectivity index (χ0) is 20.5. The molecule has 4 heteroatoms. The van der Waals surface area contributed by atoms with E-state index in [1.165, 1.54) is 89.3 Å². The number of unbranched alkanes of at least 4 members (excludes halogenated alkanes) is 2. The molecule has 0 saturated heterocycles. The predicted octanol–water partition coefficient (Wildman–Crippen LogP) is 10.3. The minimum Gasteiger partial charge on any atom is -0.143 e. The van der Waals surface area contributed by atoms with E-state index in [4.69, 9.17) is 0 Å². The average Bonchev–Trinajstić information content (AvgIpc) is 3.53. The molecule has 0 bridgehead atoms. The van der Waals surface area contributed by atoms with Gasteiger partial charge >= 0.3 is 0 Å². The summed E-state index contributed by atoms with van der Waals surface area (Å²) in [5.41, 5.74) is 3.05. The smallest absolute Gasteiger partial charge is 0.0528 e. The van der Waals surface area contributed by atoms with Gasteiger partial charge in [-0.05, 0) is 82.6 Å². The van der Waals surface area contributed by atoms with Crippen molar-refractivity contribution in [2.75, 3.05) is 0 Å². The van der Waals surface area contributed by atoms with Crippen molar-refractivity contribution in [3.63, 3.8) is 0 Å². The Morgan fingerprint density at radius 2 is 1.10 bits per heavy atom. The largest absolute Gasteiger partial charge is 0.143 e. The molecule has 0 saturated carbocycles. The van der Waals surface area contributed by atoms with Crippen molar-refractivity contribution in [1.29, 1.82) is 0 Å². The van der Waals surface area contributed by atoms with Crippen LogP contribution in [0.1, 0.15) is 50.7 Å². The molecule has 5 aromatic rings. The molecule has 30 heavy (non-hydrogen) atoms. The molecule has 0 radical (unpaired) electrons. The van der Waals surface area contributed by atoms with Gasteiger partial charge in [-0.1, -0.05) is 38.8 Å².